The molecule has 0 bridgehead atoms. The zero-order valence-electron chi connectivity index (χ0n) is 16.4. The molecule has 0 unspecified atom stereocenters. The van der Waals surface area contributed by atoms with Crippen LogP contribution in [0.3, 0.4) is 0 Å². The molecular weight excluding hydrogens is 384 g/mol. The van der Waals surface area contributed by atoms with Gasteiger partial charge in [-0.3, -0.25) is 9.78 Å². The number of anilines is 1. The molecule has 0 saturated carbocycles. The molecule has 0 atom stereocenters. The zero-order valence-corrected chi connectivity index (χ0v) is 17.2. The lowest BCUT2D eigenvalue weighted by molar-refractivity contribution is 0.0929. The number of thioether (sulfide) groups is 1. The number of hydrogen-bond acceptors (Lipinski definition) is 6. The number of rotatable bonds is 6. The lowest BCUT2D eigenvalue weighted by atomic mass is 10.0. The first-order valence-corrected chi connectivity index (χ1v) is 10.8. The van der Waals surface area contributed by atoms with Crippen LogP contribution in [0.15, 0.2) is 64.5 Å². The SMILES string of the molecule is Cc1occc1C(=O)NC1CCN(c2cncc(SCc3ccccc3)n2)CC1. The molecule has 7 heteroatoms. The fourth-order valence-electron chi connectivity index (χ4n) is 3.43. The van der Waals surface area contributed by atoms with Gasteiger partial charge in [0.25, 0.3) is 5.91 Å². The Morgan fingerprint density at radius 2 is 2.00 bits per heavy atom. The number of carbonyl (C=O) groups excluding carboxylic acids is 1. The second kappa shape index (κ2) is 9.13. The van der Waals surface area contributed by atoms with Crippen LogP contribution in [0.2, 0.25) is 0 Å². The number of piperidine rings is 1. The molecule has 29 heavy (non-hydrogen) atoms. The first-order valence-electron chi connectivity index (χ1n) is 9.78. The minimum Gasteiger partial charge on any atom is -0.469 e. The molecule has 1 aliphatic rings. The van der Waals surface area contributed by atoms with E-state index in [1.807, 2.05) is 18.5 Å². The highest BCUT2D eigenvalue weighted by molar-refractivity contribution is 7.98. The second-order valence-electron chi connectivity index (χ2n) is 7.12. The van der Waals surface area contributed by atoms with Crippen LogP contribution in [0.25, 0.3) is 0 Å². The van der Waals surface area contributed by atoms with Crippen molar-refractivity contribution in [1.29, 1.82) is 0 Å². The first kappa shape index (κ1) is 19.5. The molecule has 2 aromatic heterocycles. The molecular formula is C22H24N4O2S. The van der Waals surface area contributed by atoms with E-state index in [9.17, 15) is 4.79 Å². The molecule has 1 aliphatic heterocycles. The quantitative estimate of drug-likeness (QED) is 0.620. The number of nitrogens with one attached hydrogen (secondary N) is 1. The summed E-state index contributed by atoms with van der Waals surface area (Å²) < 4.78 is 5.22. The van der Waals surface area contributed by atoms with E-state index in [2.05, 4.69) is 39.5 Å². The maximum absolute atomic E-state index is 12.4. The van der Waals surface area contributed by atoms with E-state index in [1.165, 1.54) is 5.56 Å². The molecule has 150 valence electrons. The minimum absolute atomic E-state index is 0.0613. The van der Waals surface area contributed by atoms with Gasteiger partial charge in [-0.15, -0.1) is 11.8 Å². The van der Waals surface area contributed by atoms with Crippen molar-refractivity contribution < 1.29 is 9.21 Å². The van der Waals surface area contributed by atoms with Crippen molar-refractivity contribution in [2.75, 3.05) is 18.0 Å². The standard InChI is InChI=1S/C22H24N4O2S/c1-16-19(9-12-28-16)22(27)24-18-7-10-26(11-8-18)20-13-23-14-21(25-20)29-15-17-5-3-2-4-6-17/h2-6,9,12-14,18H,7-8,10-11,15H2,1H3,(H,24,27). The molecule has 1 saturated heterocycles. The number of aromatic nitrogens is 2. The van der Waals surface area contributed by atoms with Crippen LogP contribution in [0, 0.1) is 6.92 Å². The van der Waals surface area contributed by atoms with E-state index >= 15 is 0 Å². The summed E-state index contributed by atoms with van der Waals surface area (Å²) in [6, 6.07) is 12.2. The number of benzene rings is 1. The predicted octanol–water partition coefficient (Wildman–Crippen LogP) is 4.07. The predicted molar refractivity (Wildman–Crippen MR) is 114 cm³/mol. The van der Waals surface area contributed by atoms with Crippen molar-refractivity contribution >= 4 is 23.5 Å². The molecule has 0 aliphatic carbocycles. The lowest BCUT2D eigenvalue weighted by Crippen LogP contribution is -2.45. The van der Waals surface area contributed by atoms with Gasteiger partial charge in [0.2, 0.25) is 0 Å². The Labute approximate surface area is 174 Å². The van der Waals surface area contributed by atoms with Crippen molar-refractivity contribution in [3.63, 3.8) is 0 Å². The molecule has 4 rings (SSSR count). The molecule has 3 aromatic rings. The second-order valence-corrected chi connectivity index (χ2v) is 8.11. The van der Waals surface area contributed by atoms with Gasteiger partial charge >= 0.3 is 0 Å². The van der Waals surface area contributed by atoms with Crippen molar-refractivity contribution in [2.24, 2.45) is 0 Å². The normalized spacial score (nSPS) is 14.7. The molecule has 6 nitrogen and oxygen atoms in total. The van der Waals surface area contributed by atoms with Crippen LogP contribution in [0.5, 0.6) is 0 Å². The molecule has 1 fully saturated rings. The van der Waals surface area contributed by atoms with Crippen LogP contribution in [-0.4, -0.2) is 35.0 Å². The van der Waals surface area contributed by atoms with Gasteiger partial charge in [0.15, 0.2) is 0 Å². The topological polar surface area (TPSA) is 71.3 Å². The lowest BCUT2D eigenvalue weighted by Gasteiger charge is -2.33. The third kappa shape index (κ3) is 4.98. The van der Waals surface area contributed by atoms with E-state index < -0.39 is 0 Å². The summed E-state index contributed by atoms with van der Waals surface area (Å²) in [7, 11) is 0. The summed E-state index contributed by atoms with van der Waals surface area (Å²) in [6.45, 7) is 3.49. The van der Waals surface area contributed by atoms with E-state index in [1.54, 1.807) is 31.0 Å². The van der Waals surface area contributed by atoms with Crippen LogP contribution in [0.1, 0.15) is 34.5 Å². The molecule has 0 spiro atoms. The van der Waals surface area contributed by atoms with E-state index in [0.29, 0.717) is 11.3 Å². The van der Waals surface area contributed by atoms with Gasteiger partial charge < -0.3 is 14.6 Å². The number of nitrogens with zero attached hydrogens (tertiary/aromatic N) is 3. The zero-order chi connectivity index (χ0) is 20.1. The van der Waals surface area contributed by atoms with Gasteiger partial charge in [-0.25, -0.2) is 4.98 Å². The number of carbonyl (C=O) groups is 1. The molecule has 1 aromatic carbocycles. The number of hydrogen-bond donors (Lipinski definition) is 1. The van der Waals surface area contributed by atoms with Crippen LogP contribution >= 0.6 is 11.8 Å². The van der Waals surface area contributed by atoms with Crippen molar-refractivity contribution in [1.82, 2.24) is 15.3 Å². The Hall–Kier alpha value is -2.80. The maximum Gasteiger partial charge on any atom is 0.255 e. The minimum atomic E-state index is -0.0613. The summed E-state index contributed by atoms with van der Waals surface area (Å²) in [4.78, 5) is 23.8. The highest BCUT2D eigenvalue weighted by Gasteiger charge is 2.23. The Bertz CT molecular complexity index is 952. The number of furan rings is 1. The maximum atomic E-state index is 12.4. The van der Waals surface area contributed by atoms with Gasteiger partial charge in [0.05, 0.1) is 24.2 Å². The smallest absolute Gasteiger partial charge is 0.255 e. The molecule has 0 radical (unpaired) electrons. The van der Waals surface area contributed by atoms with Crippen LogP contribution in [0.4, 0.5) is 5.82 Å². The van der Waals surface area contributed by atoms with E-state index in [0.717, 1.165) is 42.5 Å². The monoisotopic (exact) mass is 408 g/mol. The summed E-state index contributed by atoms with van der Waals surface area (Å²) in [6.07, 6.45) is 6.95. The average molecular weight is 409 g/mol. The summed E-state index contributed by atoms with van der Waals surface area (Å²) in [5.74, 6) is 2.37. The van der Waals surface area contributed by atoms with Crippen LogP contribution < -0.4 is 10.2 Å². The summed E-state index contributed by atoms with van der Waals surface area (Å²) in [5.41, 5.74) is 1.88. The first-order chi connectivity index (χ1) is 14.2. The Balaban J connectivity index is 1.30. The fourth-order valence-corrected chi connectivity index (χ4v) is 4.23. The number of aryl methyl sites for hydroxylation is 1. The largest absolute Gasteiger partial charge is 0.469 e. The average Bonchev–Trinajstić information content (AvgIpc) is 3.20. The van der Waals surface area contributed by atoms with Gasteiger partial charge in [0, 0.05) is 24.9 Å². The van der Waals surface area contributed by atoms with Gasteiger partial charge in [-0.2, -0.15) is 0 Å². The Morgan fingerprint density at radius 3 is 2.72 bits per heavy atom. The Morgan fingerprint density at radius 1 is 1.21 bits per heavy atom. The van der Waals surface area contributed by atoms with E-state index in [4.69, 9.17) is 9.40 Å². The highest BCUT2D eigenvalue weighted by atomic mass is 32.2. The van der Waals surface area contributed by atoms with Crippen molar-refractivity contribution in [3.05, 3.63) is 71.9 Å². The van der Waals surface area contributed by atoms with Crippen molar-refractivity contribution in [3.8, 4) is 0 Å². The molecule has 1 amide bonds. The highest BCUT2D eigenvalue weighted by Crippen LogP contribution is 2.24. The summed E-state index contributed by atoms with van der Waals surface area (Å²) >= 11 is 1.69. The van der Waals surface area contributed by atoms with Crippen LogP contribution in [-0.2, 0) is 5.75 Å². The van der Waals surface area contributed by atoms with Gasteiger partial charge in [-0.05, 0) is 31.4 Å². The molecule has 1 N–H and O–H groups in total. The van der Waals surface area contributed by atoms with E-state index in [-0.39, 0.29) is 11.9 Å². The van der Waals surface area contributed by atoms with Gasteiger partial charge in [-0.1, -0.05) is 30.3 Å². The third-order valence-electron chi connectivity index (χ3n) is 5.09. The van der Waals surface area contributed by atoms with Gasteiger partial charge in [0.1, 0.15) is 16.6 Å². The fraction of sp³-hybridized carbons (Fsp3) is 0.318. The summed E-state index contributed by atoms with van der Waals surface area (Å²) in [5, 5.41) is 4.05. The Kier molecular flexibility index (Phi) is 6.14. The van der Waals surface area contributed by atoms with Crippen molar-refractivity contribution in [2.45, 2.75) is 36.6 Å². The molecule has 3 heterocycles. The number of amides is 1. The third-order valence-corrected chi connectivity index (χ3v) is 6.06.